The molecule has 1 aromatic carbocycles. The van der Waals surface area contributed by atoms with E-state index in [1.54, 1.807) is 38.1 Å². The maximum absolute atomic E-state index is 11.7. The van der Waals surface area contributed by atoms with Crippen LogP contribution in [0.2, 0.25) is 0 Å². The molecule has 124 valence electrons. The van der Waals surface area contributed by atoms with Crippen molar-refractivity contribution in [2.24, 2.45) is 0 Å². The number of nitrogens with one attached hydrogen (secondary N) is 1. The molecule has 0 spiro atoms. The van der Waals surface area contributed by atoms with E-state index in [2.05, 4.69) is 10.3 Å². The third kappa shape index (κ3) is 4.08. The van der Waals surface area contributed by atoms with Crippen LogP contribution in [0.5, 0.6) is 0 Å². The lowest BCUT2D eigenvalue weighted by Crippen LogP contribution is -2.07. The van der Waals surface area contributed by atoms with Gasteiger partial charge in [0.2, 0.25) is 0 Å². The molecule has 24 heavy (non-hydrogen) atoms. The van der Waals surface area contributed by atoms with Gasteiger partial charge >= 0.3 is 11.9 Å². The van der Waals surface area contributed by atoms with Gasteiger partial charge in [0.15, 0.2) is 10.7 Å². The fraction of sp³-hybridized carbons (Fsp3) is 0.250. The van der Waals surface area contributed by atoms with Crippen molar-refractivity contribution in [2.75, 3.05) is 18.5 Å². The number of hydrogen-bond acceptors (Lipinski definition) is 8. The second-order valence-electron chi connectivity index (χ2n) is 4.46. The molecule has 0 saturated carbocycles. The van der Waals surface area contributed by atoms with E-state index in [1.165, 1.54) is 17.5 Å². The average Bonchev–Trinajstić information content (AvgIpc) is 2.97. The van der Waals surface area contributed by atoms with Gasteiger partial charge in [0.25, 0.3) is 0 Å². The Balaban J connectivity index is 2.20. The lowest BCUT2D eigenvalue weighted by Gasteiger charge is -2.00. The van der Waals surface area contributed by atoms with Gasteiger partial charge in [-0.2, -0.15) is 5.26 Å². The molecule has 1 heterocycles. The molecular formula is C16H15N3O4S. The van der Waals surface area contributed by atoms with Crippen molar-refractivity contribution in [1.29, 1.82) is 5.26 Å². The summed E-state index contributed by atoms with van der Waals surface area (Å²) in [6.07, 6.45) is 1.25. The largest absolute Gasteiger partial charge is 0.462 e. The molecule has 0 radical (unpaired) electrons. The first-order valence-electron chi connectivity index (χ1n) is 7.20. The summed E-state index contributed by atoms with van der Waals surface area (Å²) >= 11 is 1.29. The highest BCUT2D eigenvalue weighted by molar-refractivity contribution is 7.22. The van der Waals surface area contributed by atoms with Crippen molar-refractivity contribution in [2.45, 2.75) is 13.8 Å². The first kappa shape index (κ1) is 17.4. The molecule has 0 atom stereocenters. The highest BCUT2D eigenvalue weighted by atomic mass is 32.1. The predicted octanol–water partition coefficient (Wildman–Crippen LogP) is 2.86. The second-order valence-corrected chi connectivity index (χ2v) is 5.49. The fourth-order valence-electron chi connectivity index (χ4n) is 1.81. The highest BCUT2D eigenvalue weighted by Gasteiger charge is 2.12. The standard InChI is InChI=1S/C16H15N3O4S/c1-3-22-14(20)10-5-6-12-13(7-10)24-16(19-12)18-9-11(8-17)15(21)23-4-2/h5-7,9H,3-4H2,1-2H3,(H,18,19). The van der Waals surface area contributed by atoms with Crippen LogP contribution in [0.3, 0.4) is 0 Å². The molecular weight excluding hydrogens is 330 g/mol. The van der Waals surface area contributed by atoms with Crippen LogP contribution in [0.4, 0.5) is 5.13 Å². The number of aromatic nitrogens is 1. The van der Waals surface area contributed by atoms with E-state index in [9.17, 15) is 9.59 Å². The quantitative estimate of drug-likeness (QED) is 0.488. The Morgan fingerprint density at radius 2 is 2.08 bits per heavy atom. The fourth-order valence-corrected chi connectivity index (χ4v) is 2.68. The van der Waals surface area contributed by atoms with Gasteiger partial charge in [0.05, 0.1) is 29.0 Å². The van der Waals surface area contributed by atoms with E-state index < -0.39 is 11.9 Å². The van der Waals surface area contributed by atoms with Gasteiger partial charge in [-0.25, -0.2) is 14.6 Å². The van der Waals surface area contributed by atoms with E-state index in [0.717, 1.165) is 4.70 Å². The summed E-state index contributed by atoms with van der Waals surface area (Å²) in [4.78, 5) is 27.6. The Bertz CT molecular complexity index is 835. The molecule has 0 aliphatic heterocycles. The maximum Gasteiger partial charge on any atom is 0.350 e. The normalized spacial score (nSPS) is 11.0. The number of anilines is 1. The number of hydrogen-bond donors (Lipinski definition) is 1. The summed E-state index contributed by atoms with van der Waals surface area (Å²) < 4.78 is 10.5. The molecule has 0 fully saturated rings. The van der Waals surface area contributed by atoms with Crippen LogP contribution >= 0.6 is 11.3 Å². The van der Waals surface area contributed by atoms with Gasteiger partial charge < -0.3 is 14.8 Å². The van der Waals surface area contributed by atoms with Crippen molar-refractivity contribution < 1.29 is 19.1 Å². The Kier molecular flexibility index (Phi) is 5.87. The van der Waals surface area contributed by atoms with Crippen LogP contribution in [0.1, 0.15) is 24.2 Å². The lowest BCUT2D eigenvalue weighted by molar-refractivity contribution is -0.138. The second kappa shape index (κ2) is 8.08. The van der Waals surface area contributed by atoms with Gasteiger partial charge in [0, 0.05) is 6.20 Å². The minimum Gasteiger partial charge on any atom is -0.462 e. The average molecular weight is 345 g/mol. The van der Waals surface area contributed by atoms with E-state index in [4.69, 9.17) is 14.7 Å². The molecule has 8 heteroatoms. The molecule has 0 aliphatic rings. The summed E-state index contributed by atoms with van der Waals surface area (Å²) in [7, 11) is 0. The van der Waals surface area contributed by atoms with E-state index in [0.29, 0.717) is 22.8 Å². The van der Waals surface area contributed by atoms with Gasteiger partial charge in [-0.15, -0.1) is 0 Å². The Hall–Kier alpha value is -2.92. The summed E-state index contributed by atoms with van der Waals surface area (Å²) in [6.45, 7) is 3.90. The minimum atomic E-state index is -0.696. The molecule has 2 aromatic rings. The van der Waals surface area contributed by atoms with Crippen LogP contribution in [-0.4, -0.2) is 30.1 Å². The molecule has 0 aliphatic carbocycles. The third-order valence-corrected chi connectivity index (χ3v) is 3.80. The number of thiazole rings is 1. The van der Waals surface area contributed by atoms with Gasteiger partial charge in [0.1, 0.15) is 6.07 Å². The Labute approximate surface area is 142 Å². The zero-order valence-corrected chi connectivity index (χ0v) is 14.0. The van der Waals surface area contributed by atoms with Gasteiger partial charge in [-0.05, 0) is 32.0 Å². The molecule has 1 N–H and O–H groups in total. The minimum absolute atomic E-state index is 0.150. The third-order valence-electron chi connectivity index (χ3n) is 2.86. The molecule has 0 saturated heterocycles. The van der Waals surface area contributed by atoms with Crippen LogP contribution in [0, 0.1) is 11.3 Å². The molecule has 0 bridgehead atoms. The smallest absolute Gasteiger partial charge is 0.350 e. The molecule has 1 aromatic heterocycles. The topological polar surface area (TPSA) is 101 Å². The van der Waals surface area contributed by atoms with E-state index in [1.807, 2.05) is 0 Å². The van der Waals surface area contributed by atoms with Crippen molar-refractivity contribution in [3.05, 3.63) is 35.5 Å². The van der Waals surface area contributed by atoms with Crippen molar-refractivity contribution >= 4 is 38.6 Å². The number of benzene rings is 1. The molecule has 7 nitrogen and oxygen atoms in total. The number of nitrogens with zero attached hydrogens (tertiary/aromatic N) is 2. The number of esters is 2. The molecule has 0 unspecified atom stereocenters. The molecule has 0 amide bonds. The molecule has 2 rings (SSSR count). The summed E-state index contributed by atoms with van der Waals surface area (Å²) in [5, 5.41) is 12.3. The number of ether oxygens (including phenoxy) is 2. The Morgan fingerprint density at radius 3 is 2.75 bits per heavy atom. The predicted molar refractivity (Wildman–Crippen MR) is 89.5 cm³/mol. The van der Waals surface area contributed by atoms with Gasteiger partial charge in [-0.1, -0.05) is 11.3 Å². The van der Waals surface area contributed by atoms with Gasteiger partial charge in [-0.3, -0.25) is 0 Å². The van der Waals surface area contributed by atoms with E-state index in [-0.39, 0.29) is 12.2 Å². The number of carbonyl (C=O) groups excluding carboxylic acids is 2. The first-order chi connectivity index (χ1) is 11.6. The van der Waals surface area contributed by atoms with Crippen LogP contribution in [0.25, 0.3) is 10.2 Å². The van der Waals surface area contributed by atoms with Crippen LogP contribution < -0.4 is 5.32 Å². The van der Waals surface area contributed by atoms with Crippen molar-refractivity contribution in [3.63, 3.8) is 0 Å². The monoisotopic (exact) mass is 345 g/mol. The maximum atomic E-state index is 11.7. The number of nitriles is 1. The number of carbonyl (C=O) groups is 2. The first-order valence-corrected chi connectivity index (χ1v) is 8.02. The summed E-state index contributed by atoms with van der Waals surface area (Å²) in [5.41, 5.74) is 0.987. The highest BCUT2D eigenvalue weighted by Crippen LogP contribution is 2.27. The summed E-state index contributed by atoms with van der Waals surface area (Å²) in [5.74, 6) is -1.09. The SMILES string of the molecule is CCOC(=O)C(C#N)=CNc1nc2ccc(C(=O)OCC)cc2s1. The number of rotatable bonds is 6. The number of fused-ring (bicyclic) bond motifs is 1. The summed E-state index contributed by atoms with van der Waals surface area (Å²) in [6, 6.07) is 6.81. The van der Waals surface area contributed by atoms with Crippen LogP contribution in [-0.2, 0) is 14.3 Å². The van der Waals surface area contributed by atoms with E-state index >= 15 is 0 Å². The Morgan fingerprint density at radius 1 is 1.33 bits per heavy atom. The van der Waals surface area contributed by atoms with Crippen molar-refractivity contribution in [1.82, 2.24) is 4.98 Å². The van der Waals surface area contributed by atoms with Crippen molar-refractivity contribution in [3.8, 4) is 6.07 Å². The zero-order chi connectivity index (χ0) is 17.5. The zero-order valence-electron chi connectivity index (χ0n) is 13.2. The lowest BCUT2D eigenvalue weighted by atomic mass is 10.2. The van der Waals surface area contributed by atoms with Crippen LogP contribution in [0.15, 0.2) is 30.0 Å².